The maximum Gasteiger partial charge on any atom is 0.123 e. The van der Waals surface area contributed by atoms with Gasteiger partial charge in [-0.25, -0.2) is 4.39 Å². The number of rotatable bonds is 5. The van der Waals surface area contributed by atoms with E-state index in [1.807, 2.05) is 6.07 Å². The van der Waals surface area contributed by atoms with Gasteiger partial charge < -0.3 is 9.64 Å². The first-order chi connectivity index (χ1) is 9.13. The Bertz CT molecular complexity index is 407. The second kappa shape index (κ2) is 6.73. The molecular formula is C15H22FNOS. The van der Waals surface area contributed by atoms with Crippen molar-refractivity contribution in [3.63, 3.8) is 0 Å². The summed E-state index contributed by atoms with van der Waals surface area (Å²) in [5.41, 5.74) is 1.26. The number of thiol groups is 1. The van der Waals surface area contributed by atoms with E-state index in [4.69, 9.17) is 4.74 Å². The van der Waals surface area contributed by atoms with Gasteiger partial charge in [-0.3, -0.25) is 0 Å². The Morgan fingerprint density at radius 1 is 1.37 bits per heavy atom. The number of hydrogen-bond acceptors (Lipinski definition) is 3. The van der Waals surface area contributed by atoms with Crippen molar-refractivity contribution >= 4 is 12.6 Å². The van der Waals surface area contributed by atoms with Crippen molar-refractivity contribution in [2.24, 2.45) is 5.41 Å². The van der Waals surface area contributed by atoms with Crippen LogP contribution < -0.4 is 0 Å². The van der Waals surface area contributed by atoms with Crippen LogP contribution >= 0.6 is 12.6 Å². The van der Waals surface area contributed by atoms with Gasteiger partial charge in [0.2, 0.25) is 0 Å². The lowest BCUT2D eigenvalue weighted by Crippen LogP contribution is -2.41. The van der Waals surface area contributed by atoms with Crippen molar-refractivity contribution in [2.45, 2.75) is 19.4 Å². The molecule has 106 valence electrons. The first-order valence-corrected chi connectivity index (χ1v) is 7.38. The molecule has 0 unspecified atom stereocenters. The molecule has 2 nitrogen and oxygen atoms in total. The molecule has 1 fully saturated rings. The molecule has 0 radical (unpaired) electrons. The van der Waals surface area contributed by atoms with E-state index in [9.17, 15) is 4.39 Å². The van der Waals surface area contributed by atoms with Crippen LogP contribution in [-0.4, -0.2) is 37.5 Å². The van der Waals surface area contributed by atoms with Gasteiger partial charge in [0, 0.05) is 26.3 Å². The number of hydrogen-bond donors (Lipinski definition) is 1. The fourth-order valence-electron chi connectivity index (χ4n) is 2.75. The first kappa shape index (κ1) is 14.8. The van der Waals surface area contributed by atoms with E-state index in [2.05, 4.69) is 24.6 Å². The van der Waals surface area contributed by atoms with Crippen molar-refractivity contribution in [2.75, 3.05) is 32.6 Å². The van der Waals surface area contributed by atoms with Gasteiger partial charge in [-0.05, 0) is 48.8 Å². The molecule has 19 heavy (non-hydrogen) atoms. The summed E-state index contributed by atoms with van der Waals surface area (Å²) >= 11 is 4.52. The Morgan fingerprint density at radius 3 is 2.74 bits per heavy atom. The number of benzene rings is 1. The standard InChI is InChI=1S/C15H22FNOS/c1-17(10-13-3-2-4-14(16)9-13)11-15(12-19)5-7-18-8-6-15/h2-4,9,19H,5-8,10-12H2,1H3. The summed E-state index contributed by atoms with van der Waals surface area (Å²) in [5, 5.41) is 0. The second-order valence-corrected chi connectivity index (χ2v) is 5.89. The van der Waals surface area contributed by atoms with Crippen LogP contribution in [-0.2, 0) is 11.3 Å². The van der Waals surface area contributed by atoms with Crippen molar-refractivity contribution in [1.82, 2.24) is 4.90 Å². The molecular weight excluding hydrogens is 261 g/mol. The van der Waals surface area contributed by atoms with Crippen molar-refractivity contribution < 1.29 is 9.13 Å². The third kappa shape index (κ3) is 4.20. The molecule has 0 bridgehead atoms. The Kier molecular flexibility index (Phi) is 5.25. The summed E-state index contributed by atoms with van der Waals surface area (Å²) in [6, 6.07) is 6.82. The zero-order valence-corrected chi connectivity index (χ0v) is 12.3. The van der Waals surface area contributed by atoms with Gasteiger partial charge in [-0.15, -0.1) is 0 Å². The average molecular weight is 283 g/mol. The summed E-state index contributed by atoms with van der Waals surface area (Å²) < 4.78 is 18.6. The molecule has 0 N–H and O–H groups in total. The Labute approximate surface area is 120 Å². The molecule has 0 atom stereocenters. The summed E-state index contributed by atoms with van der Waals surface area (Å²) in [6.45, 7) is 3.41. The van der Waals surface area contributed by atoms with Crippen molar-refractivity contribution in [3.05, 3.63) is 35.6 Å². The average Bonchev–Trinajstić information content (AvgIpc) is 2.39. The third-order valence-electron chi connectivity index (χ3n) is 3.84. The van der Waals surface area contributed by atoms with Crippen LogP contribution in [0.2, 0.25) is 0 Å². The van der Waals surface area contributed by atoms with Crippen LogP contribution in [0.1, 0.15) is 18.4 Å². The van der Waals surface area contributed by atoms with E-state index in [1.165, 1.54) is 6.07 Å². The smallest absolute Gasteiger partial charge is 0.123 e. The highest BCUT2D eigenvalue weighted by atomic mass is 32.1. The van der Waals surface area contributed by atoms with Crippen molar-refractivity contribution in [3.8, 4) is 0 Å². The fourth-order valence-corrected chi connectivity index (χ4v) is 3.16. The summed E-state index contributed by atoms with van der Waals surface area (Å²) in [5.74, 6) is 0.713. The summed E-state index contributed by atoms with van der Waals surface area (Å²) in [4.78, 5) is 2.26. The molecule has 1 aliphatic rings. The normalized spacial score (nSPS) is 18.7. The van der Waals surface area contributed by atoms with Gasteiger partial charge in [0.25, 0.3) is 0 Å². The van der Waals surface area contributed by atoms with E-state index < -0.39 is 0 Å². The highest BCUT2D eigenvalue weighted by Gasteiger charge is 2.32. The minimum atomic E-state index is -0.166. The highest BCUT2D eigenvalue weighted by Crippen LogP contribution is 2.32. The zero-order valence-electron chi connectivity index (χ0n) is 11.4. The zero-order chi connectivity index (χ0) is 13.7. The van der Waals surface area contributed by atoms with Crippen LogP contribution in [0.25, 0.3) is 0 Å². The van der Waals surface area contributed by atoms with Gasteiger partial charge in [0.15, 0.2) is 0 Å². The lowest BCUT2D eigenvalue weighted by Gasteiger charge is -2.39. The van der Waals surface area contributed by atoms with Crippen LogP contribution in [0.3, 0.4) is 0 Å². The van der Waals surface area contributed by atoms with Crippen LogP contribution in [0.15, 0.2) is 24.3 Å². The predicted octanol–water partition coefficient (Wildman–Crippen LogP) is 2.98. The third-order valence-corrected chi connectivity index (χ3v) is 4.51. The van der Waals surface area contributed by atoms with Gasteiger partial charge in [-0.1, -0.05) is 12.1 Å². The number of nitrogens with zero attached hydrogens (tertiary/aromatic N) is 1. The van der Waals surface area contributed by atoms with Crippen molar-refractivity contribution in [1.29, 1.82) is 0 Å². The molecule has 1 aliphatic heterocycles. The summed E-state index contributed by atoms with van der Waals surface area (Å²) in [6.07, 6.45) is 2.12. The molecule has 0 spiro atoms. The first-order valence-electron chi connectivity index (χ1n) is 6.75. The molecule has 4 heteroatoms. The van der Waals surface area contributed by atoms with E-state index in [0.717, 1.165) is 50.5 Å². The Morgan fingerprint density at radius 2 is 2.11 bits per heavy atom. The highest BCUT2D eigenvalue weighted by molar-refractivity contribution is 7.80. The van der Waals surface area contributed by atoms with E-state index in [-0.39, 0.29) is 11.2 Å². The van der Waals surface area contributed by atoms with Crippen LogP contribution in [0.5, 0.6) is 0 Å². The molecule has 1 aromatic rings. The molecule has 0 amide bonds. The molecule has 0 aliphatic carbocycles. The molecule has 0 saturated carbocycles. The number of ether oxygens (including phenoxy) is 1. The topological polar surface area (TPSA) is 12.5 Å². The minimum absolute atomic E-state index is 0.166. The van der Waals surface area contributed by atoms with E-state index in [0.29, 0.717) is 0 Å². The van der Waals surface area contributed by atoms with Gasteiger partial charge in [0.05, 0.1) is 0 Å². The SMILES string of the molecule is CN(Cc1cccc(F)c1)CC1(CS)CCOCC1. The Balaban J connectivity index is 1.94. The lowest BCUT2D eigenvalue weighted by atomic mass is 9.81. The van der Waals surface area contributed by atoms with Gasteiger partial charge >= 0.3 is 0 Å². The van der Waals surface area contributed by atoms with Crippen LogP contribution in [0.4, 0.5) is 4.39 Å². The van der Waals surface area contributed by atoms with Gasteiger partial charge in [-0.2, -0.15) is 12.6 Å². The maximum atomic E-state index is 13.2. The van der Waals surface area contributed by atoms with E-state index >= 15 is 0 Å². The molecule has 1 saturated heterocycles. The quantitative estimate of drug-likeness (QED) is 0.834. The monoisotopic (exact) mass is 283 g/mol. The van der Waals surface area contributed by atoms with Gasteiger partial charge in [0.1, 0.15) is 5.82 Å². The maximum absolute atomic E-state index is 13.2. The number of halogens is 1. The minimum Gasteiger partial charge on any atom is -0.381 e. The molecule has 2 rings (SSSR count). The molecule has 1 aromatic carbocycles. The van der Waals surface area contributed by atoms with E-state index in [1.54, 1.807) is 12.1 Å². The molecule has 0 aromatic heterocycles. The lowest BCUT2D eigenvalue weighted by molar-refractivity contribution is 0.0105. The largest absolute Gasteiger partial charge is 0.381 e. The predicted molar refractivity (Wildman–Crippen MR) is 79.1 cm³/mol. The Hall–Kier alpha value is -0.580. The second-order valence-electron chi connectivity index (χ2n) is 5.57. The molecule has 1 heterocycles. The van der Waals surface area contributed by atoms with Crippen LogP contribution in [0, 0.1) is 11.2 Å². The summed E-state index contributed by atoms with van der Waals surface area (Å²) in [7, 11) is 2.09. The fraction of sp³-hybridized carbons (Fsp3) is 0.600.